The molecule has 0 heterocycles. The molecule has 2 aliphatic rings. The third-order valence-electron chi connectivity index (χ3n) is 7.09. The lowest BCUT2D eigenvalue weighted by Crippen LogP contribution is -2.44. The number of carbonyl (C=O) groups is 3. The van der Waals surface area contributed by atoms with Crippen LogP contribution in [0.15, 0.2) is 48.5 Å². The summed E-state index contributed by atoms with van der Waals surface area (Å²) in [4.78, 5) is 36.7. The van der Waals surface area contributed by atoms with E-state index in [1.165, 1.54) is 11.1 Å². The summed E-state index contributed by atoms with van der Waals surface area (Å²) in [5.41, 5.74) is 4.67. The summed E-state index contributed by atoms with van der Waals surface area (Å²) in [6.07, 6.45) is 2.58. The van der Waals surface area contributed by atoms with Gasteiger partial charge in [-0.15, -0.1) is 0 Å². The molecule has 0 aromatic heterocycles. The van der Waals surface area contributed by atoms with Crippen LogP contribution in [0.1, 0.15) is 63.0 Å². The van der Waals surface area contributed by atoms with Gasteiger partial charge in [-0.05, 0) is 53.4 Å². The van der Waals surface area contributed by atoms with Gasteiger partial charge in [0.2, 0.25) is 5.91 Å². The number of benzene rings is 2. The molecule has 3 N–H and O–H groups in total. The summed E-state index contributed by atoms with van der Waals surface area (Å²) < 4.78 is 5.67. The quantitative estimate of drug-likeness (QED) is 0.485. The first-order valence-corrected chi connectivity index (χ1v) is 12.5. The molecule has 0 radical (unpaired) electrons. The van der Waals surface area contributed by atoms with E-state index < -0.39 is 18.1 Å². The standard InChI is InChI=1S/C28H34N2O5/c1-17(2)14-25(27(32)33)29-26(31)15-18-8-7-13-24(18)30-28(34)35-16-23-21-11-5-3-9-19(21)20-10-4-6-12-22(20)23/h3-6,9-12,17-18,23-25H,7-8,13-16H2,1-2H3,(H,29,31)(H,30,34)(H,32,33)/t18?,24?,25-/m1/s1. The second kappa shape index (κ2) is 10.9. The molecule has 0 bridgehead atoms. The van der Waals surface area contributed by atoms with E-state index in [-0.39, 0.29) is 42.7 Å². The number of aliphatic carboxylic acids is 1. The molecule has 35 heavy (non-hydrogen) atoms. The van der Waals surface area contributed by atoms with Crippen molar-refractivity contribution in [3.8, 4) is 11.1 Å². The van der Waals surface area contributed by atoms with E-state index in [1.807, 2.05) is 38.1 Å². The maximum atomic E-state index is 12.7. The van der Waals surface area contributed by atoms with Gasteiger partial charge in [0.15, 0.2) is 0 Å². The fourth-order valence-corrected chi connectivity index (χ4v) is 5.45. The zero-order valence-electron chi connectivity index (χ0n) is 20.3. The van der Waals surface area contributed by atoms with Gasteiger partial charge in [0.25, 0.3) is 0 Å². The van der Waals surface area contributed by atoms with Crippen molar-refractivity contribution in [2.24, 2.45) is 11.8 Å². The molecule has 0 spiro atoms. The summed E-state index contributed by atoms with van der Waals surface area (Å²) in [6, 6.07) is 15.3. The highest BCUT2D eigenvalue weighted by Crippen LogP contribution is 2.44. The Labute approximate surface area is 206 Å². The van der Waals surface area contributed by atoms with E-state index in [0.717, 1.165) is 30.4 Å². The van der Waals surface area contributed by atoms with Crippen molar-refractivity contribution in [1.29, 1.82) is 0 Å². The topological polar surface area (TPSA) is 105 Å². The fourth-order valence-electron chi connectivity index (χ4n) is 5.45. The van der Waals surface area contributed by atoms with Crippen LogP contribution in [0.5, 0.6) is 0 Å². The number of alkyl carbamates (subject to hydrolysis) is 1. The highest BCUT2D eigenvalue weighted by Gasteiger charge is 2.33. The molecule has 2 unspecified atom stereocenters. The summed E-state index contributed by atoms with van der Waals surface area (Å²) >= 11 is 0. The molecule has 1 saturated carbocycles. The van der Waals surface area contributed by atoms with Gasteiger partial charge in [-0.25, -0.2) is 9.59 Å². The van der Waals surface area contributed by atoms with Crippen LogP contribution in [-0.4, -0.2) is 41.8 Å². The average molecular weight is 479 g/mol. The van der Waals surface area contributed by atoms with Gasteiger partial charge in [0.1, 0.15) is 12.6 Å². The zero-order valence-corrected chi connectivity index (χ0v) is 20.3. The van der Waals surface area contributed by atoms with Crippen molar-refractivity contribution in [3.63, 3.8) is 0 Å². The first-order chi connectivity index (χ1) is 16.8. The van der Waals surface area contributed by atoms with Crippen LogP contribution in [0.3, 0.4) is 0 Å². The predicted molar refractivity (Wildman–Crippen MR) is 133 cm³/mol. The lowest BCUT2D eigenvalue weighted by molar-refractivity contribution is -0.142. The van der Waals surface area contributed by atoms with Crippen molar-refractivity contribution in [3.05, 3.63) is 59.7 Å². The summed E-state index contributed by atoms with van der Waals surface area (Å²) in [5.74, 6) is -1.20. The lowest BCUT2D eigenvalue weighted by Gasteiger charge is -2.23. The Morgan fingerprint density at radius 3 is 2.23 bits per heavy atom. The van der Waals surface area contributed by atoms with Gasteiger partial charge in [0.05, 0.1) is 0 Å². The minimum absolute atomic E-state index is 0.00721. The number of hydrogen-bond acceptors (Lipinski definition) is 4. The van der Waals surface area contributed by atoms with Gasteiger partial charge < -0.3 is 20.5 Å². The summed E-state index contributed by atoms with van der Waals surface area (Å²) in [5, 5.41) is 15.0. The summed E-state index contributed by atoms with van der Waals surface area (Å²) in [7, 11) is 0. The largest absolute Gasteiger partial charge is 0.480 e. The molecular weight excluding hydrogens is 444 g/mol. The van der Waals surface area contributed by atoms with Gasteiger partial charge in [-0.1, -0.05) is 68.8 Å². The lowest BCUT2D eigenvalue weighted by atomic mass is 9.98. The maximum Gasteiger partial charge on any atom is 0.407 e. The number of fused-ring (bicyclic) bond motifs is 3. The van der Waals surface area contributed by atoms with E-state index in [1.54, 1.807) is 0 Å². The van der Waals surface area contributed by atoms with Crippen LogP contribution in [0, 0.1) is 11.8 Å². The Morgan fingerprint density at radius 2 is 1.63 bits per heavy atom. The van der Waals surface area contributed by atoms with Crippen LogP contribution in [0.4, 0.5) is 4.79 Å². The molecule has 7 nitrogen and oxygen atoms in total. The molecule has 1 fully saturated rings. The average Bonchev–Trinajstić information content (AvgIpc) is 3.38. The second-order valence-electron chi connectivity index (χ2n) is 10.1. The van der Waals surface area contributed by atoms with Gasteiger partial charge >= 0.3 is 12.1 Å². The number of carbonyl (C=O) groups excluding carboxylic acids is 2. The molecule has 3 atom stereocenters. The molecule has 2 aliphatic carbocycles. The summed E-state index contributed by atoms with van der Waals surface area (Å²) in [6.45, 7) is 4.09. The Balaban J connectivity index is 1.31. The van der Waals surface area contributed by atoms with E-state index in [9.17, 15) is 19.5 Å². The van der Waals surface area contributed by atoms with Gasteiger partial charge in [-0.3, -0.25) is 4.79 Å². The zero-order chi connectivity index (χ0) is 24.9. The van der Waals surface area contributed by atoms with Crippen LogP contribution in [-0.2, 0) is 14.3 Å². The van der Waals surface area contributed by atoms with E-state index >= 15 is 0 Å². The SMILES string of the molecule is CC(C)C[C@@H](NC(=O)CC1CCCC1NC(=O)OCC1c2ccccc2-c2ccccc21)C(=O)O. The normalized spacial score (nSPS) is 19.6. The first kappa shape index (κ1) is 24.8. The number of carboxylic acids is 1. The number of hydrogen-bond donors (Lipinski definition) is 3. The molecule has 0 saturated heterocycles. The van der Waals surface area contributed by atoms with Crippen molar-refractivity contribution < 1.29 is 24.2 Å². The molecule has 2 amide bonds. The fraction of sp³-hybridized carbons (Fsp3) is 0.464. The number of ether oxygens (including phenoxy) is 1. The smallest absolute Gasteiger partial charge is 0.407 e. The van der Waals surface area contributed by atoms with Gasteiger partial charge in [-0.2, -0.15) is 0 Å². The highest BCUT2D eigenvalue weighted by atomic mass is 16.5. The third kappa shape index (κ3) is 5.84. The Bertz CT molecular complexity index is 1040. The van der Waals surface area contributed by atoms with Crippen LogP contribution in [0.2, 0.25) is 0 Å². The predicted octanol–water partition coefficient (Wildman–Crippen LogP) is 4.70. The number of amides is 2. The molecule has 2 aromatic rings. The monoisotopic (exact) mass is 478 g/mol. The molecule has 7 heteroatoms. The molecule has 4 rings (SSSR count). The number of rotatable bonds is 9. The molecular formula is C28H34N2O5. The maximum absolute atomic E-state index is 12.7. The van der Waals surface area contributed by atoms with Crippen molar-refractivity contribution in [1.82, 2.24) is 10.6 Å². The number of nitrogens with one attached hydrogen (secondary N) is 2. The van der Waals surface area contributed by atoms with Crippen molar-refractivity contribution in [2.75, 3.05) is 6.61 Å². The minimum atomic E-state index is -1.02. The minimum Gasteiger partial charge on any atom is -0.480 e. The van der Waals surface area contributed by atoms with Crippen molar-refractivity contribution in [2.45, 2.75) is 64.0 Å². The van der Waals surface area contributed by atoms with E-state index in [2.05, 4.69) is 34.9 Å². The Hall–Kier alpha value is -3.35. The Kier molecular flexibility index (Phi) is 7.73. The number of carboxylic acid groups (broad SMARTS) is 1. The molecule has 2 aromatic carbocycles. The Morgan fingerprint density at radius 1 is 1.00 bits per heavy atom. The van der Waals surface area contributed by atoms with Crippen LogP contribution < -0.4 is 10.6 Å². The molecule has 0 aliphatic heterocycles. The third-order valence-corrected chi connectivity index (χ3v) is 7.09. The van der Waals surface area contributed by atoms with Crippen molar-refractivity contribution >= 4 is 18.0 Å². The van der Waals surface area contributed by atoms with E-state index in [4.69, 9.17) is 4.74 Å². The van der Waals surface area contributed by atoms with Gasteiger partial charge in [0, 0.05) is 18.4 Å². The second-order valence-corrected chi connectivity index (χ2v) is 10.1. The first-order valence-electron chi connectivity index (χ1n) is 12.5. The van der Waals surface area contributed by atoms with Crippen LogP contribution in [0.25, 0.3) is 11.1 Å². The van der Waals surface area contributed by atoms with E-state index in [0.29, 0.717) is 6.42 Å². The highest BCUT2D eigenvalue weighted by molar-refractivity contribution is 5.83. The molecule has 186 valence electrons. The van der Waals surface area contributed by atoms with Crippen LogP contribution >= 0.6 is 0 Å².